The third-order valence-corrected chi connectivity index (χ3v) is 3.48. The predicted molar refractivity (Wildman–Crippen MR) is 58.3 cm³/mol. The number of aliphatic hydroxyl groups is 1. The summed E-state index contributed by atoms with van der Waals surface area (Å²) in [6, 6.07) is 3.07. The minimum atomic E-state index is -4.73. The smallest absolute Gasteiger partial charge is 0.385 e. The fourth-order valence-corrected chi connectivity index (χ4v) is 2.42. The first-order valence-corrected chi connectivity index (χ1v) is 5.89. The molecule has 1 nitrogen and oxygen atoms in total. The molecule has 1 saturated carbocycles. The van der Waals surface area contributed by atoms with Gasteiger partial charge in [-0.3, -0.25) is 0 Å². The summed E-state index contributed by atoms with van der Waals surface area (Å²) >= 11 is 0. The lowest BCUT2D eigenvalue weighted by Crippen LogP contribution is -2.16. The molecule has 1 aromatic carbocycles. The fraction of sp³-hybridized carbons (Fsp3) is 0.538. The third-order valence-electron chi connectivity index (χ3n) is 3.48. The maximum Gasteiger partial charge on any atom is 0.419 e. The Balaban J connectivity index is 2.37. The van der Waals surface area contributed by atoms with Crippen molar-refractivity contribution in [1.29, 1.82) is 0 Å². The Morgan fingerprint density at radius 3 is 2.61 bits per heavy atom. The van der Waals surface area contributed by atoms with E-state index in [1.54, 1.807) is 0 Å². The van der Waals surface area contributed by atoms with Gasteiger partial charge in [-0.25, -0.2) is 4.39 Å². The molecule has 1 aliphatic rings. The van der Waals surface area contributed by atoms with Gasteiger partial charge in [0.15, 0.2) is 0 Å². The average Bonchev–Trinajstić information content (AvgIpc) is 2.89. The van der Waals surface area contributed by atoms with Crippen molar-refractivity contribution < 1.29 is 22.7 Å². The maximum absolute atomic E-state index is 13.8. The van der Waals surface area contributed by atoms with Crippen molar-refractivity contribution in [2.75, 3.05) is 0 Å². The molecule has 0 aliphatic heterocycles. The summed E-state index contributed by atoms with van der Waals surface area (Å²) in [5.41, 5.74) is -2.95. The highest BCUT2D eigenvalue weighted by atomic mass is 19.4. The van der Waals surface area contributed by atoms with Crippen LogP contribution in [-0.2, 0) is 11.8 Å². The van der Waals surface area contributed by atoms with E-state index in [0.717, 1.165) is 12.5 Å². The highest BCUT2D eigenvalue weighted by Crippen LogP contribution is 2.55. The van der Waals surface area contributed by atoms with Crippen molar-refractivity contribution >= 4 is 0 Å². The molecule has 0 bridgehead atoms. The molecule has 2 atom stereocenters. The molecule has 2 rings (SSSR count). The molecule has 0 radical (unpaired) electrons. The van der Waals surface area contributed by atoms with Crippen LogP contribution in [0.1, 0.15) is 37.3 Å². The van der Waals surface area contributed by atoms with Gasteiger partial charge in [0.1, 0.15) is 5.82 Å². The van der Waals surface area contributed by atoms with Crippen molar-refractivity contribution in [3.8, 4) is 0 Å². The normalized spacial score (nSPS) is 27.3. The summed E-state index contributed by atoms with van der Waals surface area (Å²) in [5.74, 6) is -1.48. The minimum Gasteiger partial charge on any atom is -0.385 e. The summed E-state index contributed by atoms with van der Waals surface area (Å²) < 4.78 is 51.5. The largest absolute Gasteiger partial charge is 0.419 e. The van der Waals surface area contributed by atoms with Crippen molar-refractivity contribution in [2.45, 2.75) is 38.0 Å². The van der Waals surface area contributed by atoms with Crippen LogP contribution in [-0.4, -0.2) is 5.11 Å². The average molecular weight is 262 g/mol. The van der Waals surface area contributed by atoms with Crippen LogP contribution < -0.4 is 0 Å². The molecular formula is C13H14F4O. The van der Waals surface area contributed by atoms with Crippen LogP contribution in [0.2, 0.25) is 0 Å². The van der Waals surface area contributed by atoms with E-state index in [9.17, 15) is 22.7 Å². The lowest BCUT2D eigenvalue weighted by atomic mass is 10.00. The monoisotopic (exact) mass is 262 g/mol. The molecule has 1 aliphatic carbocycles. The summed E-state index contributed by atoms with van der Waals surface area (Å²) in [6.45, 7) is 1.92. The first kappa shape index (κ1) is 13.3. The first-order chi connectivity index (χ1) is 8.30. The number of benzene rings is 1. The van der Waals surface area contributed by atoms with Gasteiger partial charge in [0.25, 0.3) is 0 Å². The van der Waals surface area contributed by atoms with Gasteiger partial charge < -0.3 is 5.11 Å². The van der Waals surface area contributed by atoms with Crippen molar-refractivity contribution in [3.05, 3.63) is 35.1 Å². The Kier molecular flexibility index (Phi) is 3.13. The lowest BCUT2D eigenvalue weighted by molar-refractivity contribution is -0.140. The Hall–Kier alpha value is -1.10. The Morgan fingerprint density at radius 1 is 1.39 bits per heavy atom. The number of hydrogen-bond acceptors (Lipinski definition) is 1. The van der Waals surface area contributed by atoms with Gasteiger partial charge in [0.05, 0.1) is 11.2 Å². The van der Waals surface area contributed by atoms with E-state index in [0.29, 0.717) is 18.9 Å². The molecule has 5 heteroatoms. The number of hydrogen-bond donors (Lipinski definition) is 1. The van der Waals surface area contributed by atoms with E-state index >= 15 is 0 Å². The molecule has 0 amide bonds. The second kappa shape index (κ2) is 4.23. The molecule has 2 unspecified atom stereocenters. The van der Waals surface area contributed by atoms with E-state index in [1.807, 2.05) is 6.92 Å². The fourth-order valence-electron chi connectivity index (χ4n) is 2.42. The zero-order valence-corrected chi connectivity index (χ0v) is 9.89. The van der Waals surface area contributed by atoms with Gasteiger partial charge in [0, 0.05) is 5.56 Å². The molecule has 1 fully saturated rings. The molecule has 100 valence electrons. The summed E-state index contributed by atoms with van der Waals surface area (Å²) in [4.78, 5) is 0. The Bertz CT molecular complexity index is 455. The topological polar surface area (TPSA) is 20.2 Å². The van der Waals surface area contributed by atoms with Crippen molar-refractivity contribution in [1.82, 2.24) is 0 Å². The highest BCUT2D eigenvalue weighted by Gasteiger charge is 2.55. The zero-order chi connectivity index (χ0) is 13.6. The maximum atomic E-state index is 13.8. The van der Waals surface area contributed by atoms with Crippen LogP contribution >= 0.6 is 0 Å². The van der Waals surface area contributed by atoms with Crippen molar-refractivity contribution in [3.63, 3.8) is 0 Å². The second-order valence-electron chi connectivity index (χ2n) is 4.78. The molecule has 0 heterocycles. The molecule has 0 spiro atoms. The molecule has 18 heavy (non-hydrogen) atoms. The van der Waals surface area contributed by atoms with Crippen LogP contribution in [0.4, 0.5) is 17.6 Å². The molecule has 1 N–H and O–H groups in total. The minimum absolute atomic E-state index is 0.138. The van der Waals surface area contributed by atoms with Gasteiger partial charge in [-0.2, -0.15) is 13.2 Å². The lowest BCUT2D eigenvalue weighted by Gasteiger charge is -2.15. The van der Waals surface area contributed by atoms with Crippen LogP contribution in [0, 0.1) is 11.7 Å². The van der Waals surface area contributed by atoms with E-state index in [1.165, 1.54) is 6.07 Å². The van der Waals surface area contributed by atoms with Crippen LogP contribution in [0.5, 0.6) is 0 Å². The summed E-state index contributed by atoms with van der Waals surface area (Å²) in [5, 5.41) is 10.2. The predicted octanol–water partition coefficient (Wildman–Crippen LogP) is 3.85. The quantitative estimate of drug-likeness (QED) is 0.820. The Morgan fingerprint density at radius 2 is 2.06 bits per heavy atom. The van der Waals surface area contributed by atoms with Gasteiger partial charge >= 0.3 is 6.18 Å². The van der Waals surface area contributed by atoms with Gasteiger partial charge in [0.2, 0.25) is 0 Å². The molecule has 0 saturated heterocycles. The molecule has 1 aromatic rings. The standard InChI is InChI=1S/C13H14F4O/c1-2-4-8-7-12(8,18)9-5-3-6-10(11(9)14)13(15,16)17/h3,5-6,8,18H,2,4,7H2,1H3. The van der Waals surface area contributed by atoms with Crippen LogP contribution in [0.25, 0.3) is 0 Å². The number of alkyl halides is 3. The highest BCUT2D eigenvalue weighted by molar-refractivity contribution is 5.36. The molecular weight excluding hydrogens is 248 g/mol. The summed E-state index contributed by atoms with van der Waals surface area (Å²) in [7, 11) is 0. The van der Waals surface area contributed by atoms with Crippen molar-refractivity contribution in [2.24, 2.45) is 5.92 Å². The van der Waals surface area contributed by atoms with E-state index < -0.39 is 23.2 Å². The number of halogens is 4. The first-order valence-electron chi connectivity index (χ1n) is 5.89. The second-order valence-corrected chi connectivity index (χ2v) is 4.78. The third kappa shape index (κ3) is 2.11. The van der Waals surface area contributed by atoms with Crippen LogP contribution in [0.15, 0.2) is 18.2 Å². The number of rotatable bonds is 3. The SMILES string of the molecule is CCCC1CC1(O)c1cccc(C(F)(F)F)c1F. The van der Waals surface area contributed by atoms with E-state index in [-0.39, 0.29) is 11.5 Å². The van der Waals surface area contributed by atoms with Gasteiger partial charge in [-0.05, 0) is 24.8 Å². The molecule has 0 aromatic heterocycles. The van der Waals surface area contributed by atoms with Gasteiger partial charge in [-0.1, -0.05) is 25.5 Å². The zero-order valence-electron chi connectivity index (χ0n) is 9.89. The van der Waals surface area contributed by atoms with E-state index in [2.05, 4.69) is 0 Å². The van der Waals surface area contributed by atoms with Gasteiger partial charge in [-0.15, -0.1) is 0 Å². The van der Waals surface area contributed by atoms with E-state index in [4.69, 9.17) is 0 Å². The van der Waals surface area contributed by atoms with Crippen LogP contribution in [0.3, 0.4) is 0 Å². The Labute approximate surface area is 102 Å². The summed E-state index contributed by atoms with van der Waals surface area (Å²) in [6.07, 6.45) is -2.90.